The summed E-state index contributed by atoms with van der Waals surface area (Å²) in [5, 5.41) is 0. The molecule has 0 unspecified atom stereocenters. The maximum atomic E-state index is 13.5. The number of rotatable bonds is 5. The van der Waals surface area contributed by atoms with E-state index in [4.69, 9.17) is 0 Å². The fraction of sp³-hybridized carbons (Fsp3) is 0.375. The van der Waals surface area contributed by atoms with Crippen molar-refractivity contribution in [3.05, 3.63) is 76.7 Å². The Morgan fingerprint density at radius 3 is 2.11 bits per heavy atom. The first-order valence-corrected chi connectivity index (χ1v) is 11.3. The fourth-order valence-electron chi connectivity index (χ4n) is 5.01. The van der Waals surface area contributed by atoms with E-state index < -0.39 is 9.84 Å². The van der Waals surface area contributed by atoms with Crippen LogP contribution in [-0.2, 0) is 21.1 Å². The number of sulfone groups is 1. The molecule has 2 bridgehead atoms. The second-order valence-corrected chi connectivity index (χ2v) is 10.6. The van der Waals surface area contributed by atoms with Crippen molar-refractivity contribution in [3.63, 3.8) is 0 Å². The summed E-state index contributed by atoms with van der Waals surface area (Å²) in [6.07, 6.45) is 1.50. The summed E-state index contributed by atoms with van der Waals surface area (Å²) in [6.45, 7) is 6.26. The van der Waals surface area contributed by atoms with Crippen molar-refractivity contribution in [2.75, 3.05) is 0 Å². The van der Waals surface area contributed by atoms with Crippen LogP contribution in [0.15, 0.2) is 76.0 Å². The molecule has 0 aliphatic heterocycles. The molecule has 0 radical (unpaired) electrons. The molecule has 3 atom stereocenters. The van der Waals surface area contributed by atoms with Crippen molar-refractivity contribution in [2.45, 2.75) is 38.5 Å². The molecule has 0 N–H and O–H groups in total. The zero-order valence-corrected chi connectivity index (χ0v) is 17.4. The largest absolute Gasteiger partial charge is 0.293 e. The molecule has 0 spiro atoms. The van der Waals surface area contributed by atoms with Crippen LogP contribution >= 0.6 is 0 Å². The highest BCUT2D eigenvalue weighted by molar-refractivity contribution is 7.96. The summed E-state index contributed by atoms with van der Waals surface area (Å²) in [6, 6.07) is 18.4. The van der Waals surface area contributed by atoms with E-state index >= 15 is 0 Å². The van der Waals surface area contributed by atoms with Crippen LogP contribution < -0.4 is 0 Å². The van der Waals surface area contributed by atoms with Crippen molar-refractivity contribution >= 4 is 15.6 Å². The Balaban J connectivity index is 1.85. The number of benzene rings is 2. The van der Waals surface area contributed by atoms with E-state index in [1.165, 1.54) is 0 Å². The smallest absolute Gasteiger partial charge is 0.210 e. The lowest BCUT2D eigenvalue weighted by Gasteiger charge is -2.57. The molecule has 3 nitrogen and oxygen atoms in total. The molecule has 3 aliphatic carbocycles. The minimum absolute atomic E-state index is 0.00892. The highest BCUT2D eigenvalue weighted by Crippen LogP contribution is 2.62. The molecular weight excluding hydrogens is 368 g/mol. The van der Waals surface area contributed by atoms with Crippen molar-refractivity contribution in [1.82, 2.24) is 0 Å². The van der Waals surface area contributed by atoms with Gasteiger partial charge in [-0.2, -0.15) is 0 Å². The Labute approximate surface area is 167 Å². The summed E-state index contributed by atoms with van der Waals surface area (Å²) in [5.41, 5.74) is 1.82. The van der Waals surface area contributed by atoms with Gasteiger partial charge in [0.05, 0.1) is 4.90 Å². The van der Waals surface area contributed by atoms with Crippen LogP contribution in [0.3, 0.4) is 0 Å². The number of hydrogen-bond donors (Lipinski definition) is 0. The Morgan fingerprint density at radius 1 is 0.964 bits per heavy atom. The average molecular weight is 395 g/mol. The number of carbonyl (C=O) groups excluding carboxylic acids is 1. The molecule has 0 saturated heterocycles. The quantitative estimate of drug-likeness (QED) is 0.729. The first-order chi connectivity index (χ1) is 13.2. The van der Waals surface area contributed by atoms with Crippen molar-refractivity contribution in [2.24, 2.45) is 23.2 Å². The minimum Gasteiger partial charge on any atom is -0.293 e. The molecule has 146 valence electrons. The topological polar surface area (TPSA) is 51.2 Å². The molecule has 3 aliphatic rings. The molecule has 2 aromatic rings. The van der Waals surface area contributed by atoms with E-state index in [-0.39, 0.29) is 38.8 Å². The average Bonchev–Trinajstić information content (AvgIpc) is 2.68. The van der Waals surface area contributed by atoms with Crippen LogP contribution in [0.4, 0.5) is 0 Å². The second kappa shape index (κ2) is 6.70. The van der Waals surface area contributed by atoms with Crippen LogP contribution in [0.2, 0.25) is 0 Å². The van der Waals surface area contributed by atoms with E-state index in [9.17, 15) is 13.2 Å². The van der Waals surface area contributed by atoms with Gasteiger partial charge in [0.25, 0.3) is 0 Å². The highest BCUT2D eigenvalue weighted by Gasteiger charge is 2.60. The summed E-state index contributed by atoms with van der Waals surface area (Å²) < 4.78 is 26.9. The summed E-state index contributed by atoms with van der Waals surface area (Å²) in [5.74, 6) is -0.252. The maximum absolute atomic E-state index is 13.5. The van der Waals surface area contributed by atoms with Gasteiger partial charge in [-0.3, -0.25) is 4.79 Å². The molecule has 5 rings (SSSR count). The van der Waals surface area contributed by atoms with Gasteiger partial charge in [-0.15, -0.1) is 0 Å². The predicted octanol–water partition coefficient (Wildman–Crippen LogP) is 4.84. The highest BCUT2D eigenvalue weighted by atomic mass is 32.2. The lowest BCUT2D eigenvalue weighted by molar-refractivity contribution is -0.135. The maximum Gasteiger partial charge on any atom is 0.210 e. The lowest BCUT2D eigenvalue weighted by atomic mass is 9.47. The van der Waals surface area contributed by atoms with Gasteiger partial charge in [0, 0.05) is 5.92 Å². The third-order valence-corrected chi connectivity index (χ3v) is 8.55. The van der Waals surface area contributed by atoms with Gasteiger partial charge < -0.3 is 0 Å². The zero-order chi connectivity index (χ0) is 20.1. The van der Waals surface area contributed by atoms with E-state index in [1.54, 1.807) is 30.3 Å². The van der Waals surface area contributed by atoms with Crippen molar-refractivity contribution in [3.8, 4) is 0 Å². The molecule has 4 heteroatoms. The number of fused-ring (bicyclic) bond motifs is 1. The minimum atomic E-state index is -3.82. The van der Waals surface area contributed by atoms with Crippen molar-refractivity contribution < 1.29 is 13.2 Å². The zero-order valence-electron chi connectivity index (χ0n) is 16.6. The van der Waals surface area contributed by atoms with E-state index in [0.29, 0.717) is 0 Å². The fourth-order valence-corrected chi connectivity index (χ4v) is 6.82. The number of carbonyl (C=O) groups is 1. The summed E-state index contributed by atoms with van der Waals surface area (Å²) in [4.78, 5) is 13.6. The lowest BCUT2D eigenvalue weighted by Crippen LogP contribution is -2.56. The van der Waals surface area contributed by atoms with Crippen LogP contribution in [0.25, 0.3) is 0 Å². The van der Waals surface area contributed by atoms with Gasteiger partial charge in [0.15, 0.2) is 5.78 Å². The number of ketones is 1. The van der Waals surface area contributed by atoms with E-state index in [2.05, 4.69) is 32.9 Å². The third kappa shape index (κ3) is 2.86. The molecular formula is C24H26O3S. The second-order valence-electron chi connectivity index (χ2n) is 8.72. The van der Waals surface area contributed by atoms with Crippen LogP contribution in [-0.4, -0.2) is 14.2 Å². The van der Waals surface area contributed by atoms with Gasteiger partial charge in [-0.25, -0.2) is 8.42 Å². The molecule has 28 heavy (non-hydrogen) atoms. The molecule has 0 amide bonds. The summed E-state index contributed by atoms with van der Waals surface area (Å²) in [7, 11) is -3.82. The third-order valence-electron chi connectivity index (χ3n) is 6.68. The standard InChI is InChI=1S/C24H26O3S/c1-16(14-17-10-6-4-7-11-17)21-19-15-20(24(19,2)3)22(25)23(21)28(26,27)18-12-8-5-9-13-18/h4-13,16,19-20H,14-15H2,1-3H3/t16-,19+,20-/m0/s1. The molecule has 0 heterocycles. The van der Waals surface area contributed by atoms with E-state index in [1.807, 2.05) is 18.2 Å². The van der Waals surface area contributed by atoms with Gasteiger partial charge in [-0.05, 0) is 53.4 Å². The molecule has 0 aromatic heterocycles. The van der Waals surface area contributed by atoms with Crippen LogP contribution in [0.1, 0.15) is 32.8 Å². The normalized spacial score (nSPS) is 24.6. The molecule has 1 fully saturated rings. The Morgan fingerprint density at radius 2 is 1.54 bits per heavy atom. The van der Waals surface area contributed by atoms with E-state index in [0.717, 1.165) is 24.0 Å². The Bertz CT molecular complexity index is 1030. The van der Waals surface area contributed by atoms with Gasteiger partial charge in [-0.1, -0.05) is 69.3 Å². The van der Waals surface area contributed by atoms with Crippen LogP contribution in [0, 0.1) is 23.2 Å². The van der Waals surface area contributed by atoms with Gasteiger partial charge in [0.2, 0.25) is 9.84 Å². The number of Topliss-reactive ketones (excluding diaryl/α,β-unsaturated/α-hetero) is 1. The first kappa shape index (κ1) is 19.1. The SMILES string of the molecule is C[C@@H](Cc1ccccc1)C1=C(S(=O)(=O)c2ccccc2)C(=O)[C@@H]2C[C@H]1C2(C)C. The van der Waals surface area contributed by atoms with Gasteiger partial charge in [0.1, 0.15) is 4.91 Å². The Kier molecular flexibility index (Phi) is 4.58. The molecule has 1 saturated carbocycles. The predicted molar refractivity (Wildman–Crippen MR) is 110 cm³/mol. The first-order valence-electron chi connectivity index (χ1n) is 9.87. The molecule has 2 aromatic carbocycles. The monoisotopic (exact) mass is 394 g/mol. The van der Waals surface area contributed by atoms with Crippen LogP contribution in [0.5, 0.6) is 0 Å². The number of hydrogen-bond acceptors (Lipinski definition) is 3. The van der Waals surface area contributed by atoms with Gasteiger partial charge >= 0.3 is 0 Å². The van der Waals surface area contributed by atoms with Crippen molar-refractivity contribution in [1.29, 1.82) is 0 Å². The summed E-state index contributed by atoms with van der Waals surface area (Å²) >= 11 is 0. The number of allylic oxidation sites excluding steroid dienone is 2. The Hall–Kier alpha value is -2.20.